The van der Waals surface area contributed by atoms with Gasteiger partial charge in [-0.2, -0.15) is 4.31 Å². The van der Waals surface area contributed by atoms with E-state index in [1.54, 1.807) is 6.92 Å². The molecule has 19 heavy (non-hydrogen) atoms. The molecule has 1 aromatic rings. The minimum atomic E-state index is -3.79. The molecule has 0 radical (unpaired) electrons. The van der Waals surface area contributed by atoms with Gasteiger partial charge in [-0.05, 0) is 34.5 Å². The average molecular weight is 355 g/mol. The highest BCUT2D eigenvalue weighted by molar-refractivity contribution is 9.10. The molecule has 5 nitrogen and oxygen atoms in total. The van der Waals surface area contributed by atoms with Gasteiger partial charge in [0, 0.05) is 19.7 Å². The Morgan fingerprint density at radius 2 is 2.11 bits per heavy atom. The molecule has 0 amide bonds. The molecule has 0 fully saturated rings. The third-order valence-corrected chi connectivity index (χ3v) is 5.23. The number of aliphatic hydroxyl groups is 1. The Hall–Kier alpha value is -0.700. The first-order valence-electron chi connectivity index (χ1n) is 5.70. The van der Waals surface area contributed by atoms with Crippen LogP contribution in [-0.4, -0.2) is 37.5 Å². The predicted octanol–water partition coefficient (Wildman–Crippen LogP) is 1.56. The van der Waals surface area contributed by atoms with Crippen LogP contribution >= 0.6 is 15.9 Å². The van der Waals surface area contributed by atoms with Gasteiger partial charge in [-0.3, -0.25) is 0 Å². The fraction of sp³-hybridized carbons (Fsp3) is 0.455. The number of halogens is 2. The van der Waals surface area contributed by atoms with E-state index in [0.29, 0.717) is 6.42 Å². The van der Waals surface area contributed by atoms with Crippen molar-refractivity contribution < 1.29 is 17.9 Å². The van der Waals surface area contributed by atoms with Gasteiger partial charge >= 0.3 is 0 Å². The maximum absolute atomic E-state index is 13.3. The van der Waals surface area contributed by atoms with Crippen LogP contribution in [0.4, 0.5) is 10.1 Å². The summed E-state index contributed by atoms with van der Waals surface area (Å²) in [6.45, 7) is 2.01. The first-order valence-corrected chi connectivity index (χ1v) is 7.93. The highest BCUT2D eigenvalue weighted by atomic mass is 79.9. The molecule has 0 saturated heterocycles. The molecular weight excluding hydrogens is 339 g/mol. The summed E-state index contributed by atoms with van der Waals surface area (Å²) in [6, 6.07) is 2.12. The zero-order valence-electron chi connectivity index (χ0n) is 10.4. The molecule has 0 aliphatic heterocycles. The van der Waals surface area contributed by atoms with E-state index in [4.69, 9.17) is 10.8 Å². The Bertz CT molecular complexity index is 551. The van der Waals surface area contributed by atoms with Gasteiger partial charge in [-0.25, -0.2) is 12.8 Å². The maximum Gasteiger partial charge on any atom is 0.245 e. The predicted molar refractivity (Wildman–Crippen MR) is 74.6 cm³/mol. The molecule has 0 atom stereocenters. The highest BCUT2D eigenvalue weighted by Gasteiger charge is 2.26. The molecule has 0 spiro atoms. The molecule has 3 N–H and O–H groups in total. The van der Waals surface area contributed by atoms with Crippen LogP contribution in [0.2, 0.25) is 0 Å². The monoisotopic (exact) mass is 354 g/mol. The molecule has 1 aromatic carbocycles. The summed E-state index contributed by atoms with van der Waals surface area (Å²) >= 11 is 2.94. The fourth-order valence-corrected chi connectivity index (χ4v) is 3.71. The third kappa shape index (κ3) is 3.65. The molecule has 0 bridgehead atoms. The van der Waals surface area contributed by atoms with Gasteiger partial charge in [-0.15, -0.1) is 0 Å². The lowest BCUT2D eigenvalue weighted by Gasteiger charge is -2.21. The molecule has 0 aliphatic carbocycles. The second-order valence-corrected chi connectivity index (χ2v) is 6.64. The van der Waals surface area contributed by atoms with Gasteiger partial charge in [-0.1, -0.05) is 6.92 Å². The van der Waals surface area contributed by atoms with Crippen LogP contribution in [0.1, 0.15) is 13.3 Å². The standard InChI is InChI=1S/C11H16BrFN2O3S/c1-2-15(4-3-5-16)19(17,18)11-6-8(12)9(13)7-10(11)14/h6-7,16H,2-5,14H2,1H3. The Balaban J connectivity index is 3.22. The van der Waals surface area contributed by atoms with Crippen LogP contribution in [0.15, 0.2) is 21.5 Å². The van der Waals surface area contributed by atoms with Crippen LogP contribution in [0, 0.1) is 5.82 Å². The van der Waals surface area contributed by atoms with E-state index in [9.17, 15) is 12.8 Å². The second kappa shape index (κ2) is 6.65. The number of benzene rings is 1. The van der Waals surface area contributed by atoms with Crippen LogP contribution in [0.5, 0.6) is 0 Å². The summed E-state index contributed by atoms with van der Waals surface area (Å²) < 4.78 is 39.2. The third-order valence-electron chi connectivity index (χ3n) is 2.59. The Morgan fingerprint density at radius 1 is 1.47 bits per heavy atom. The maximum atomic E-state index is 13.3. The number of nitrogen functional groups attached to an aromatic ring is 1. The van der Waals surface area contributed by atoms with Crippen LogP contribution in [-0.2, 0) is 10.0 Å². The zero-order valence-corrected chi connectivity index (χ0v) is 12.8. The van der Waals surface area contributed by atoms with Crippen LogP contribution < -0.4 is 5.73 Å². The summed E-state index contributed by atoms with van der Waals surface area (Å²) in [5.74, 6) is -0.616. The van der Waals surface area contributed by atoms with Crippen molar-refractivity contribution in [2.24, 2.45) is 0 Å². The largest absolute Gasteiger partial charge is 0.398 e. The van der Waals surface area contributed by atoms with E-state index in [-0.39, 0.29) is 34.8 Å². The zero-order chi connectivity index (χ0) is 14.6. The number of nitrogens with zero attached hydrogens (tertiary/aromatic N) is 1. The summed E-state index contributed by atoms with van der Waals surface area (Å²) in [6.07, 6.45) is 0.329. The topological polar surface area (TPSA) is 83.6 Å². The Labute approximate surface area is 120 Å². The summed E-state index contributed by atoms with van der Waals surface area (Å²) in [4.78, 5) is -0.138. The number of sulfonamides is 1. The van der Waals surface area contributed by atoms with E-state index in [1.165, 1.54) is 4.31 Å². The summed E-state index contributed by atoms with van der Waals surface area (Å²) in [5, 5.41) is 8.78. The van der Waals surface area contributed by atoms with Crippen molar-refractivity contribution in [3.8, 4) is 0 Å². The van der Waals surface area contributed by atoms with Gasteiger partial charge in [0.2, 0.25) is 10.0 Å². The lowest BCUT2D eigenvalue weighted by Crippen LogP contribution is -2.32. The lowest BCUT2D eigenvalue weighted by molar-refractivity contribution is 0.271. The van der Waals surface area contributed by atoms with E-state index < -0.39 is 15.8 Å². The van der Waals surface area contributed by atoms with Crippen molar-refractivity contribution in [3.05, 3.63) is 22.4 Å². The van der Waals surface area contributed by atoms with E-state index in [1.807, 2.05) is 0 Å². The van der Waals surface area contributed by atoms with Gasteiger partial charge in [0.05, 0.1) is 10.2 Å². The molecule has 0 heterocycles. The van der Waals surface area contributed by atoms with Gasteiger partial charge in [0.15, 0.2) is 0 Å². The molecule has 0 unspecified atom stereocenters. The van der Waals surface area contributed by atoms with Gasteiger partial charge in [0.1, 0.15) is 10.7 Å². The molecular formula is C11H16BrFN2O3S. The average Bonchev–Trinajstić information content (AvgIpc) is 2.34. The number of aliphatic hydroxyl groups excluding tert-OH is 1. The quantitative estimate of drug-likeness (QED) is 0.759. The number of nitrogens with two attached hydrogens (primary N) is 1. The van der Waals surface area contributed by atoms with E-state index >= 15 is 0 Å². The molecule has 8 heteroatoms. The highest BCUT2D eigenvalue weighted by Crippen LogP contribution is 2.28. The smallest absolute Gasteiger partial charge is 0.245 e. The number of anilines is 1. The van der Waals surface area contributed by atoms with E-state index in [2.05, 4.69) is 15.9 Å². The summed E-state index contributed by atoms with van der Waals surface area (Å²) in [7, 11) is -3.79. The Morgan fingerprint density at radius 3 is 2.63 bits per heavy atom. The molecule has 0 aliphatic rings. The number of hydrogen-bond acceptors (Lipinski definition) is 4. The molecule has 108 valence electrons. The Kier molecular flexibility index (Phi) is 5.72. The number of hydrogen-bond donors (Lipinski definition) is 2. The van der Waals surface area contributed by atoms with Crippen molar-refractivity contribution >= 4 is 31.6 Å². The van der Waals surface area contributed by atoms with Crippen molar-refractivity contribution in [2.75, 3.05) is 25.4 Å². The minimum Gasteiger partial charge on any atom is -0.398 e. The molecule has 0 aromatic heterocycles. The van der Waals surface area contributed by atoms with Crippen molar-refractivity contribution in [1.29, 1.82) is 0 Å². The van der Waals surface area contributed by atoms with Gasteiger partial charge in [0.25, 0.3) is 0 Å². The summed E-state index contributed by atoms with van der Waals surface area (Å²) in [5.41, 5.74) is 5.45. The number of rotatable bonds is 6. The SMILES string of the molecule is CCN(CCCO)S(=O)(=O)c1cc(Br)c(F)cc1N. The van der Waals surface area contributed by atoms with Crippen LogP contribution in [0.3, 0.4) is 0 Å². The van der Waals surface area contributed by atoms with Crippen molar-refractivity contribution in [1.82, 2.24) is 4.31 Å². The fourth-order valence-electron chi connectivity index (χ4n) is 1.60. The minimum absolute atomic E-state index is 0.0403. The van der Waals surface area contributed by atoms with Crippen LogP contribution in [0.25, 0.3) is 0 Å². The normalized spacial score (nSPS) is 12.1. The van der Waals surface area contributed by atoms with E-state index in [0.717, 1.165) is 12.1 Å². The first kappa shape index (κ1) is 16.4. The van der Waals surface area contributed by atoms with Crippen molar-refractivity contribution in [3.63, 3.8) is 0 Å². The molecule has 1 rings (SSSR count). The van der Waals surface area contributed by atoms with Crippen molar-refractivity contribution in [2.45, 2.75) is 18.2 Å². The lowest BCUT2D eigenvalue weighted by atomic mass is 10.3. The first-order chi connectivity index (χ1) is 8.84. The van der Waals surface area contributed by atoms with Gasteiger partial charge < -0.3 is 10.8 Å². The second-order valence-electron chi connectivity index (χ2n) is 3.88. The molecule has 0 saturated carbocycles.